The molecule has 1 fully saturated rings. The summed E-state index contributed by atoms with van der Waals surface area (Å²) in [6.07, 6.45) is 5.58. The van der Waals surface area contributed by atoms with E-state index in [1.54, 1.807) is 26.4 Å². The lowest BCUT2D eigenvalue weighted by molar-refractivity contribution is -0.134. The molecule has 2 aromatic rings. The maximum Gasteiger partial charge on any atom is 0.248 e. The fourth-order valence-electron chi connectivity index (χ4n) is 3.38. The summed E-state index contributed by atoms with van der Waals surface area (Å²) in [6.45, 7) is 2.64. The van der Waals surface area contributed by atoms with E-state index in [0.29, 0.717) is 18.8 Å². The SMILES string of the molecule is CN(C)C(=O)COCCOC1CCN(c2cncc3ccc(C(N)=O)cc23)CC1.Cl. The second kappa shape index (κ2) is 11.1. The Kier molecular flexibility index (Phi) is 8.83. The third-order valence-electron chi connectivity index (χ3n) is 5.11. The largest absolute Gasteiger partial charge is 0.376 e. The number of carbonyl (C=O) groups excluding carboxylic acids is 2. The summed E-state index contributed by atoms with van der Waals surface area (Å²) in [6, 6.07) is 5.44. The van der Waals surface area contributed by atoms with Crippen molar-refractivity contribution < 1.29 is 19.1 Å². The number of hydrogen-bond acceptors (Lipinski definition) is 6. The molecule has 0 radical (unpaired) electrons. The zero-order valence-electron chi connectivity index (χ0n) is 17.4. The van der Waals surface area contributed by atoms with Crippen LogP contribution in [-0.4, -0.2) is 74.8 Å². The van der Waals surface area contributed by atoms with Crippen LogP contribution in [0.15, 0.2) is 30.6 Å². The number of nitrogens with two attached hydrogens (primary N) is 1. The molecule has 30 heavy (non-hydrogen) atoms. The standard InChI is InChI=1S/C21H28N4O4.ClH/c1-24(2)20(26)14-28-9-10-29-17-5-7-25(8-6-17)19-13-23-12-16-4-3-15(21(22)27)11-18(16)19;/h3-4,11-13,17H,5-10,14H2,1-2H3,(H2,22,27);1H. The smallest absolute Gasteiger partial charge is 0.248 e. The maximum absolute atomic E-state index is 11.5. The highest BCUT2D eigenvalue weighted by Gasteiger charge is 2.21. The Balaban J connectivity index is 0.00000320. The van der Waals surface area contributed by atoms with E-state index >= 15 is 0 Å². The van der Waals surface area contributed by atoms with Gasteiger partial charge in [-0.3, -0.25) is 14.6 Å². The van der Waals surface area contributed by atoms with Crippen molar-refractivity contribution in [1.29, 1.82) is 0 Å². The van der Waals surface area contributed by atoms with E-state index in [2.05, 4.69) is 9.88 Å². The lowest BCUT2D eigenvalue weighted by Crippen LogP contribution is -2.37. The molecular formula is C21H29ClN4O4. The van der Waals surface area contributed by atoms with Gasteiger partial charge >= 0.3 is 0 Å². The molecule has 1 aromatic carbocycles. The number of hydrogen-bond donors (Lipinski definition) is 1. The highest BCUT2D eigenvalue weighted by atomic mass is 35.5. The number of carbonyl (C=O) groups is 2. The van der Waals surface area contributed by atoms with Crippen molar-refractivity contribution in [2.24, 2.45) is 5.73 Å². The van der Waals surface area contributed by atoms with Crippen molar-refractivity contribution in [2.75, 3.05) is 51.9 Å². The molecule has 2 heterocycles. The van der Waals surface area contributed by atoms with Gasteiger partial charge in [-0.15, -0.1) is 12.4 Å². The minimum absolute atomic E-state index is 0. The number of aromatic nitrogens is 1. The minimum atomic E-state index is -0.434. The van der Waals surface area contributed by atoms with Crippen LogP contribution in [0.4, 0.5) is 5.69 Å². The maximum atomic E-state index is 11.5. The van der Waals surface area contributed by atoms with Gasteiger partial charge in [-0.2, -0.15) is 0 Å². The van der Waals surface area contributed by atoms with Gasteiger partial charge in [0.1, 0.15) is 6.61 Å². The summed E-state index contributed by atoms with van der Waals surface area (Å²) in [4.78, 5) is 31.1. The fourth-order valence-corrected chi connectivity index (χ4v) is 3.38. The molecule has 2 N–H and O–H groups in total. The van der Waals surface area contributed by atoms with Crippen LogP contribution >= 0.6 is 12.4 Å². The molecule has 164 valence electrons. The van der Waals surface area contributed by atoms with Gasteiger partial charge in [0, 0.05) is 49.7 Å². The molecule has 0 spiro atoms. The number of primary amides is 1. The van der Waals surface area contributed by atoms with Crippen LogP contribution in [0.2, 0.25) is 0 Å². The summed E-state index contributed by atoms with van der Waals surface area (Å²) in [5, 5.41) is 1.96. The average molecular weight is 437 g/mol. The van der Waals surface area contributed by atoms with Crippen molar-refractivity contribution in [3.05, 3.63) is 36.2 Å². The van der Waals surface area contributed by atoms with Crippen LogP contribution in [-0.2, 0) is 14.3 Å². The Bertz CT molecular complexity index is 869. The average Bonchev–Trinajstić information content (AvgIpc) is 2.73. The fraction of sp³-hybridized carbons (Fsp3) is 0.476. The number of anilines is 1. The second-order valence-electron chi connectivity index (χ2n) is 7.36. The number of nitrogens with zero attached hydrogens (tertiary/aromatic N) is 3. The first kappa shape index (κ1) is 23.9. The van der Waals surface area contributed by atoms with Gasteiger partial charge in [-0.05, 0) is 25.0 Å². The van der Waals surface area contributed by atoms with E-state index in [1.807, 2.05) is 18.3 Å². The van der Waals surface area contributed by atoms with Gasteiger partial charge < -0.3 is 25.0 Å². The zero-order valence-corrected chi connectivity index (χ0v) is 18.2. The number of rotatable bonds is 8. The Hall–Kier alpha value is -2.42. The molecule has 1 aliphatic heterocycles. The van der Waals surface area contributed by atoms with Crippen molar-refractivity contribution in [2.45, 2.75) is 18.9 Å². The van der Waals surface area contributed by atoms with Crippen LogP contribution in [0.3, 0.4) is 0 Å². The Morgan fingerprint density at radius 1 is 1.20 bits per heavy atom. The summed E-state index contributed by atoms with van der Waals surface area (Å²) < 4.78 is 11.2. The van der Waals surface area contributed by atoms with Gasteiger partial charge in [-0.1, -0.05) is 6.07 Å². The number of piperidine rings is 1. The number of likely N-dealkylation sites (N-methyl/N-ethyl adjacent to an activating group) is 1. The van der Waals surface area contributed by atoms with Gasteiger partial charge in [-0.25, -0.2) is 0 Å². The zero-order chi connectivity index (χ0) is 20.8. The number of fused-ring (bicyclic) bond motifs is 1. The first-order chi connectivity index (χ1) is 14.0. The van der Waals surface area contributed by atoms with E-state index in [0.717, 1.165) is 42.4 Å². The van der Waals surface area contributed by atoms with Crippen LogP contribution in [0, 0.1) is 0 Å². The van der Waals surface area contributed by atoms with Gasteiger partial charge in [0.05, 0.1) is 31.2 Å². The molecule has 0 unspecified atom stereocenters. The summed E-state index contributed by atoms with van der Waals surface area (Å²) in [5.41, 5.74) is 6.94. The van der Waals surface area contributed by atoms with Gasteiger partial charge in [0.2, 0.25) is 11.8 Å². The normalized spacial score (nSPS) is 14.4. The van der Waals surface area contributed by atoms with E-state index in [9.17, 15) is 9.59 Å². The highest BCUT2D eigenvalue weighted by Crippen LogP contribution is 2.29. The molecule has 2 amide bonds. The summed E-state index contributed by atoms with van der Waals surface area (Å²) >= 11 is 0. The monoisotopic (exact) mass is 436 g/mol. The third-order valence-corrected chi connectivity index (χ3v) is 5.11. The molecule has 8 nitrogen and oxygen atoms in total. The summed E-state index contributed by atoms with van der Waals surface area (Å²) in [5.74, 6) is -0.488. The molecule has 9 heteroatoms. The molecule has 3 rings (SSSR count). The molecule has 1 aliphatic rings. The predicted molar refractivity (Wildman–Crippen MR) is 118 cm³/mol. The Morgan fingerprint density at radius 3 is 2.60 bits per heavy atom. The van der Waals surface area contributed by atoms with Gasteiger partial charge in [0.25, 0.3) is 0 Å². The Morgan fingerprint density at radius 2 is 1.93 bits per heavy atom. The van der Waals surface area contributed by atoms with Crippen LogP contribution in [0.1, 0.15) is 23.2 Å². The first-order valence-electron chi connectivity index (χ1n) is 9.77. The second-order valence-corrected chi connectivity index (χ2v) is 7.36. The van der Waals surface area contributed by atoms with Crippen molar-refractivity contribution in [3.8, 4) is 0 Å². The van der Waals surface area contributed by atoms with E-state index in [4.69, 9.17) is 15.2 Å². The molecule has 0 saturated carbocycles. The quantitative estimate of drug-likeness (QED) is 0.634. The van der Waals surface area contributed by atoms with E-state index in [-0.39, 0.29) is 31.0 Å². The van der Waals surface area contributed by atoms with E-state index < -0.39 is 5.91 Å². The van der Waals surface area contributed by atoms with Crippen molar-refractivity contribution in [1.82, 2.24) is 9.88 Å². The molecular weight excluding hydrogens is 408 g/mol. The van der Waals surface area contributed by atoms with Crippen molar-refractivity contribution in [3.63, 3.8) is 0 Å². The lowest BCUT2D eigenvalue weighted by atomic mass is 10.0. The minimum Gasteiger partial charge on any atom is -0.376 e. The lowest BCUT2D eigenvalue weighted by Gasteiger charge is -2.34. The molecule has 1 saturated heterocycles. The third kappa shape index (κ3) is 6.04. The highest BCUT2D eigenvalue weighted by molar-refractivity contribution is 6.01. The van der Waals surface area contributed by atoms with Crippen LogP contribution in [0.5, 0.6) is 0 Å². The molecule has 0 aliphatic carbocycles. The number of amides is 2. The first-order valence-corrected chi connectivity index (χ1v) is 9.77. The number of ether oxygens (including phenoxy) is 2. The number of halogens is 1. The number of benzene rings is 1. The molecule has 0 atom stereocenters. The van der Waals surface area contributed by atoms with Crippen LogP contribution < -0.4 is 10.6 Å². The predicted octanol–water partition coefficient (Wildman–Crippen LogP) is 1.85. The van der Waals surface area contributed by atoms with Crippen LogP contribution in [0.25, 0.3) is 10.8 Å². The summed E-state index contributed by atoms with van der Waals surface area (Å²) in [7, 11) is 3.41. The van der Waals surface area contributed by atoms with Gasteiger partial charge in [0.15, 0.2) is 0 Å². The topological polar surface area (TPSA) is 98.0 Å². The Labute approximate surface area is 182 Å². The van der Waals surface area contributed by atoms with Crippen molar-refractivity contribution >= 4 is 40.7 Å². The number of pyridine rings is 1. The molecule has 1 aromatic heterocycles. The molecule has 0 bridgehead atoms. The van der Waals surface area contributed by atoms with E-state index in [1.165, 1.54) is 4.90 Å².